The average molecular weight is 261 g/mol. The lowest BCUT2D eigenvalue weighted by atomic mass is 10.0. The Bertz CT molecular complexity index is 559. The van der Waals surface area contributed by atoms with E-state index < -0.39 is 12.0 Å². The first-order valence-electron chi connectivity index (χ1n) is 6.49. The van der Waals surface area contributed by atoms with Gasteiger partial charge in [-0.1, -0.05) is 32.0 Å². The molecular formula is C15H19NO3. The summed E-state index contributed by atoms with van der Waals surface area (Å²) in [4.78, 5) is 11.2. The number of carbonyl (C=O) groups is 1. The zero-order valence-electron chi connectivity index (χ0n) is 11.2. The monoisotopic (exact) mass is 261 g/mol. The maximum atomic E-state index is 11.2. The van der Waals surface area contributed by atoms with E-state index in [1.165, 1.54) is 0 Å². The van der Waals surface area contributed by atoms with Crippen LogP contribution in [0.1, 0.15) is 25.8 Å². The largest absolute Gasteiger partial charge is 0.480 e. The third-order valence-corrected chi connectivity index (χ3v) is 3.11. The van der Waals surface area contributed by atoms with Crippen molar-refractivity contribution in [2.24, 2.45) is 5.92 Å². The van der Waals surface area contributed by atoms with Crippen molar-refractivity contribution >= 4 is 16.9 Å². The lowest BCUT2D eigenvalue weighted by Crippen LogP contribution is -2.37. The summed E-state index contributed by atoms with van der Waals surface area (Å²) in [5.41, 5.74) is 1.82. The van der Waals surface area contributed by atoms with Gasteiger partial charge in [0.2, 0.25) is 0 Å². The Morgan fingerprint density at radius 1 is 1.37 bits per heavy atom. The summed E-state index contributed by atoms with van der Waals surface area (Å²) < 4.78 is 5.44. The smallest absolute Gasteiger partial charge is 0.320 e. The summed E-state index contributed by atoms with van der Waals surface area (Å²) in [5, 5.41) is 13.3. The number of hydrogen-bond acceptors (Lipinski definition) is 3. The van der Waals surface area contributed by atoms with Crippen molar-refractivity contribution < 1.29 is 14.3 Å². The van der Waals surface area contributed by atoms with E-state index in [1.54, 1.807) is 6.26 Å². The van der Waals surface area contributed by atoms with Gasteiger partial charge in [-0.05, 0) is 18.4 Å². The van der Waals surface area contributed by atoms with Crippen LogP contribution in [0.2, 0.25) is 0 Å². The van der Waals surface area contributed by atoms with Gasteiger partial charge < -0.3 is 14.8 Å². The first-order valence-corrected chi connectivity index (χ1v) is 6.49. The molecule has 0 bridgehead atoms. The minimum Gasteiger partial charge on any atom is -0.480 e. The molecule has 0 spiro atoms. The van der Waals surface area contributed by atoms with E-state index >= 15 is 0 Å². The van der Waals surface area contributed by atoms with Crippen LogP contribution < -0.4 is 5.32 Å². The van der Waals surface area contributed by atoms with Crippen LogP contribution >= 0.6 is 0 Å². The second kappa shape index (κ2) is 5.89. The number of carboxylic acid groups (broad SMARTS) is 1. The molecule has 0 saturated carbocycles. The molecule has 4 heteroatoms. The number of rotatable bonds is 6. The van der Waals surface area contributed by atoms with Gasteiger partial charge >= 0.3 is 5.97 Å². The molecule has 1 aromatic heterocycles. The van der Waals surface area contributed by atoms with E-state index in [9.17, 15) is 9.90 Å². The first-order chi connectivity index (χ1) is 9.08. The second-order valence-electron chi connectivity index (χ2n) is 5.16. The van der Waals surface area contributed by atoms with Gasteiger partial charge in [-0.3, -0.25) is 4.79 Å². The maximum Gasteiger partial charge on any atom is 0.320 e. The van der Waals surface area contributed by atoms with Crippen molar-refractivity contribution in [2.45, 2.75) is 32.9 Å². The topological polar surface area (TPSA) is 62.5 Å². The molecule has 4 nitrogen and oxygen atoms in total. The number of para-hydroxylation sites is 1. The van der Waals surface area contributed by atoms with E-state index in [4.69, 9.17) is 4.42 Å². The number of fused-ring (bicyclic) bond motifs is 1. The lowest BCUT2D eigenvalue weighted by Gasteiger charge is -2.15. The Hall–Kier alpha value is -1.81. The van der Waals surface area contributed by atoms with Crippen LogP contribution in [0.15, 0.2) is 34.9 Å². The van der Waals surface area contributed by atoms with Crippen molar-refractivity contribution in [2.75, 3.05) is 0 Å². The standard InChI is InChI=1S/C15H19NO3/c1-10(2)7-13(15(17)18)16-8-11-9-19-14-6-4-3-5-12(11)14/h3-6,9-10,13,16H,7-8H2,1-2H3,(H,17,18). The molecule has 2 N–H and O–H groups in total. The summed E-state index contributed by atoms with van der Waals surface area (Å²) >= 11 is 0. The predicted molar refractivity (Wildman–Crippen MR) is 73.9 cm³/mol. The summed E-state index contributed by atoms with van der Waals surface area (Å²) in [5.74, 6) is -0.462. The minimum absolute atomic E-state index is 0.342. The zero-order valence-corrected chi connectivity index (χ0v) is 11.2. The molecule has 19 heavy (non-hydrogen) atoms. The molecule has 0 radical (unpaired) electrons. The summed E-state index contributed by atoms with van der Waals surface area (Å²) in [7, 11) is 0. The SMILES string of the molecule is CC(C)CC(NCc1coc2ccccc12)C(=O)O. The summed E-state index contributed by atoms with van der Waals surface area (Å²) in [6.07, 6.45) is 2.30. The molecule has 1 aromatic carbocycles. The number of hydrogen-bond donors (Lipinski definition) is 2. The Balaban J connectivity index is 2.06. The van der Waals surface area contributed by atoms with Gasteiger partial charge in [0.15, 0.2) is 0 Å². The number of aliphatic carboxylic acids is 1. The van der Waals surface area contributed by atoms with Crippen LogP contribution in [0.5, 0.6) is 0 Å². The van der Waals surface area contributed by atoms with Crippen molar-refractivity contribution in [3.05, 3.63) is 36.1 Å². The highest BCUT2D eigenvalue weighted by molar-refractivity contribution is 5.81. The van der Waals surface area contributed by atoms with Crippen LogP contribution in [0, 0.1) is 5.92 Å². The Morgan fingerprint density at radius 2 is 2.11 bits per heavy atom. The number of benzene rings is 1. The van der Waals surface area contributed by atoms with Gasteiger partial charge in [-0.2, -0.15) is 0 Å². The van der Waals surface area contributed by atoms with Crippen molar-refractivity contribution in [1.29, 1.82) is 0 Å². The number of carboxylic acids is 1. The highest BCUT2D eigenvalue weighted by atomic mass is 16.4. The molecule has 0 aliphatic carbocycles. The fourth-order valence-corrected chi connectivity index (χ4v) is 2.15. The van der Waals surface area contributed by atoms with E-state index in [-0.39, 0.29) is 0 Å². The fourth-order valence-electron chi connectivity index (χ4n) is 2.15. The molecule has 0 fully saturated rings. The van der Waals surface area contributed by atoms with E-state index in [0.29, 0.717) is 18.9 Å². The van der Waals surface area contributed by atoms with Gasteiger partial charge in [0.05, 0.1) is 6.26 Å². The third kappa shape index (κ3) is 3.35. The van der Waals surface area contributed by atoms with Crippen molar-refractivity contribution in [1.82, 2.24) is 5.32 Å². The Kier molecular flexibility index (Phi) is 4.22. The molecule has 1 atom stereocenters. The van der Waals surface area contributed by atoms with Crippen LogP contribution in [0.25, 0.3) is 11.0 Å². The normalized spacial score (nSPS) is 13.0. The van der Waals surface area contributed by atoms with Gasteiger partial charge in [0, 0.05) is 17.5 Å². The molecule has 1 unspecified atom stereocenters. The molecule has 0 aliphatic rings. The number of nitrogens with one attached hydrogen (secondary N) is 1. The van der Waals surface area contributed by atoms with Crippen LogP contribution in [-0.4, -0.2) is 17.1 Å². The Morgan fingerprint density at radius 3 is 2.79 bits per heavy atom. The highest BCUT2D eigenvalue weighted by Gasteiger charge is 2.18. The van der Waals surface area contributed by atoms with E-state index in [2.05, 4.69) is 5.32 Å². The van der Waals surface area contributed by atoms with E-state index in [1.807, 2.05) is 38.1 Å². The third-order valence-electron chi connectivity index (χ3n) is 3.11. The average Bonchev–Trinajstić information content (AvgIpc) is 2.77. The van der Waals surface area contributed by atoms with Gasteiger partial charge in [-0.15, -0.1) is 0 Å². The lowest BCUT2D eigenvalue weighted by molar-refractivity contribution is -0.140. The fraction of sp³-hybridized carbons (Fsp3) is 0.400. The van der Waals surface area contributed by atoms with E-state index in [0.717, 1.165) is 16.5 Å². The van der Waals surface area contributed by atoms with Gasteiger partial charge in [0.25, 0.3) is 0 Å². The Labute approximate surface area is 112 Å². The van der Waals surface area contributed by atoms with Crippen LogP contribution in [0.3, 0.4) is 0 Å². The molecule has 0 amide bonds. The first kappa shape index (κ1) is 13.6. The maximum absolute atomic E-state index is 11.2. The van der Waals surface area contributed by atoms with Gasteiger partial charge in [-0.25, -0.2) is 0 Å². The molecular weight excluding hydrogens is 242 g/mol. The van der Waals surface area contributed by atoms with Crippen LogP contribution in [0.4, 0.5) is 0 Å². The summed E-state index contributed by atoms with van der Waals surface area (Å²) in [6.45, 7) is 4.54. The van der Waals surface area contributed by atoms with Crippen molar-refractivity contribution in [3.8, 4) is 0 Å². The highest BCUT2D eigenvalue weighted by Crippen LogP contribution is 2.20. The minimum atomic E-state index is -0.804. The quantitative estimate of drug-likeness (QED) is 0.839. The number of furan rings is 1. The van der Waals surface area contributed by atoms with Crippen molar-refractivity contribution in [3.63, 3.8) is 0 Å². The zero-order chi connectivity index (χ0) is 13.8. The molecule has 1 heterocycles. The molecule has 2 rings (SSSR count). The second-order valence-corrected chi connectivity index (χ2v) is 5.16. The molecule has 102 valence electrons. The molecule has 2 aromatic rings. The predicted octanol–water partition coefficient (Wildman–Crippen LogP) is 3.02. The van der Waals surface area contributed by atoms with Crippen LogP contribution in [-0.2, 0) is 11.3 Å². The van der Waals surface area contributed by atoms with Gasteiger partial charge in [0.1, 0.15) is 11.6 Å². The summed E-state index contributed by atoms with van der Waals surface area (Å²) in [6, 6.07) is 7.23. The molecule has 0 saturated heterocycles. The molecule has 0 aliphatic heterocycles.